The minimum atomic E-state index is -3.18. The van der Waals surface area contributed by atoms with Crippen LogP contribution in [0.2, 0.25) is 0 Å². The van der Waals surface area contributed by atoms with Crippen molar-refractivity contribution in [2.45, 2.75) is 44.8 Å². The molecular weight excluding hydrogens is 274 g/mol. The summed E-state index contributed by atoms with van der Waals surface area (Å²) < 4.78 is 48.8. The average molecular weight is 297 g/mol. The summed E-state index contributed by atoms with van der Waals surface area (Å²) in [6.07, 6.45) is 2.37. The standard InChI is InChI=1S/C11H23NO4S2/c1-3-5-10-18(15,16)12-8-6-11(7-9-12)17(13,14)4-2/h11H,3-10H2,1-2H3. The molecule has 1 saturated heterocycles. The average Bonchev–Trinajstić information content (AvgIpc) is 2.36. The maximum atomic E-state index is 11.9. The number of sulfonamides is 1. The second kappa shape index (κ2) is 6.34. The summed E-state index contributed by atoms with van der Waals surface area (Å²) in [5.41, 5.74) is 0. The number of rotatable bonds is 6. The molecule has 0 aromatic heterocycles. The largest absolute Gasteiger partial charge is 0.229 e. The lowest BCUT2D eigenvalue weighted by atomic mass is 10.2. The van der Waals surface area contributed by atoms with Gasteiger partial charge in [0.2, 0.25) is 10.0 Å². The Balaban J connectivity index is 2.59. The third kappa shape index (κ3) is 3.93. The minimum absolute atomic E-state index is 0.139. The van der Waals surface area contributed by atoms with Crippen molar-refractivity contribution in [3.05, 3.63) is 0 Å². The number of sulfone groups is 1. The van der Waals surface area contributed by atoms with Gasteiger partial charge in [0.25, 0.3) is 0 Å². The normalized spacial score (nSPS) is 20.1. The number of unbranched alkanes of at least 4 members (excludes halogenated alkanes) is 1. The molecule has 108 valence electrons. The lowest BCUT2D eigenvalue weighted by Crippen LogP contribution is -2.43. The summed E-state index contributed by atoms with van der Waals surface area (Å²) in [4.78, 5) is 0. The fourth-order valence-corrected chi connectivity index (χ4v) is 5.24. The number of piperidine rings is 1. The number of hydrogen-bond acceptors (Lipinski definition) is 4. The van der Waals surface area contributed by atoms with E-state index in [0.29, 0.717) is 32.4 Å². The zero-order chi connectivity index (χ0) is 13.8. The zero-order valence-corrected chi connectivity index (χ0v) is 12.8. The first-order valence-corrected chi connectivity index (χ1v) is 9.85. The lowest BCUT2D eigenvalue weighted by molar-refractivity contribution is 0.345. The second-order valence-corrected chi connectivity index (χ2v) is 9.38. The topological polar surface area (TPSA) is 71.5 Å². The molecule has 1 rings (SSSR count). The predicted molar refractivity (Wildman–Crippen MR) is 72.8 cm³/mol. The molecule has 1 aliphatic heterocycles. The number of hydrogen-bond donors (Lipinski definition) is 0. The van der Waals surface area contributed by atoms with Gasteiger partial charge in [0.1, 0.15) is 0 Å². The molecule has 7 heteroatoms. The molecule has 0 amide bonds. The van der Waals surface area contributed by atoms with Crippen LogP contribution in [-0.2, 0) is 19.9 Å². The van der Waals surface area contributed by atoms with Crippen molar-refractivity contribution in [3.8, 4) is 0 Å². The van der Waals surface area contributed by atoms with E-state index < -0.39 is 19.9 Å². The zero-order valence-electron chi connectivity index (χ0n) is 11.1. The molecule has 1 fully saturated rings. The highest BCUT2D eigenvalue weighted by Gasteiger charge is 2.32. The van der Waals surface area contributed by atoms with Crippen LogP contribution in [0.3, 0.4) is 0 Å². The number of nitrogens with zero attached hydrogens (tertiary/aromatic N) is 1. The van der Waals surface area contributed by atoms with Crippen molar-refractivity contribution in [2.75, 3.05) is 24.6 Å². The Morgan fingerprint density at radius 1 is 1.06 bits per heavy atom. The van der Waals surface area contributed by atoms with Gasteiger partial charge in [-0.2, -0.15) is 0 Å². The molecule has 1 aliphatic rings. The summed E-state index contributed by atoms with van der Waals surface area (Å²) in [6, 6.07) is 0. The van der Waals surface area contributed by atoms with E-state index in [1.807, 2.05) is 6.92 Å². The molecule has 1 heterocycles. The molecule has 0 bridgehead atoms. The van der Waals surface area contributed by atoms with Gasteiger partial charge >= 0.3 is 0 Å². The van der Waals surface area contributed by atoms with Gasteiger partial charge in [0, 0.05) is 18.8 Å². The molecule has 0 N–H and O–H groups in total. The minimum Gasteiger partial charge on any atom is -0.229 e. The molecular formula is C11H23NO4S2. The molecule has 5 nitrogen and oxygen atoms in total. The molecule has 0 aromatic rings. The van der Waals surface area contributed by atoms with E-state index in [0.717, 1.165) is 6.42 Å². The van der Waals surface area contributed by atoms with Crippen LogP contribution in [0.15, 0.2) is 0 Å². The first kappa shape index (κ1) is 15.9. The van der Waals surface area contributed by atoms with Crippen LogP contribution in [0.1, 0.15) is 39.5 Å². The Hall–Kier alpha value is -0.140. The van der Waals surface area contributed by atoms with E-state index in [2.05, 4.69) is 0 Å². The van der Waals surface area contributed by atoms with Gasteiger partial charge in [0.05, 0.1) is 11.0 Å². The van der Waals surface area contributed by atoms with Crippen LogP contribution in [0.4, 0.5) is 0 Å². The Labute approximate surface area is 111 Å². The van der Waals surface area contributed by atoms with Crippen molar-refractivity contribution in [1.29, 1.82) is 0 Å². The van der Waals surface area contributed by atoms with Gasteiger partial charge in [-0.15, -0.1) is 0 Å². The Bertz CT molecular complexity index is 447. The molecule has 0 aliphatic carbocycles. The van der Waals surface area contributed by atoms with Crippen LogP contribution < -0.4 is 0 Å². The van der Waals surface area contributed by atoms with E-state index in [9.17, 15) is 16.8 Å². The van der Waals surface area contributed by atoms with Gasteiger partial charge in [-0.25, -0.2) is 21.1 Å². The van der Waals surface area contributed by atoms with Gasteiger partial charge in [-0.05, 0) is 19.3 Å². The SMILES string of the molecule is CCCCS(=O)(=O)N1CCC(S(=O)(=O)CC)CC1. The molecule has 0 atom stereocenters. The maximum Gasteiger partial charge on any atom is 0.214 e. The first-order chi connectivity index (χ1) is 8.33. The molecule has 0 aromatic carbocycles. The van der Waals surface area contributed by atoms with Crippen molar-refractivity contribution >= 4 is 19.9 Å². The van der Waals surface area contributed by atoms with Crippen LogP contribution in [0.25, 0.3) is 0 Å². The fraction of sp³-hybridized carbons (Fsp3) is 1.00. The van der Waals surface area contributed by atoms with E-state index in [1.54, 1.807) is 6.92 Å². The molecule has 0 radical (unpaired) electrons. The third-order valence-corrected chi connectivity index (χ3v) is 7.71. The van der Waals surface area contributed by atoms with Gasteiger partial charge in [-0.3, -0.25) is 0 Å². The third-order valence-electron chi connectivity index (χ3n) is 3.46. The highest BCUT2D eigenvalue weighted by Crippen LogP contribution is 2.21. The van der Waals surface area contributed by atoms with Crippen LogP contribution in [0, 0.1) is 0 Å². The second-order valence-electron chi connectivity index (χ2n) is 4.72. The summed E-state index contributed by atoms with van der Waals surface area (Å²) in [7, 11) is -6.21. The van der Waals surface area contributed by atoms with Crippen molar-refractivity contribution in [2.24, 2.45) is 0 Å². The van der Waals surface area contributed by atoms with Gasteiger partial charge in [-0.1, -0.05) is 20.3 Å². The highest BCUT2D eigenvalue weighted by molar-refractivity contribution is 7.92. The molecule has 18 heavy (non-hydrogen) atoms. The van der Waals surface area contributed by atoms with Crippen molar-refractivity contribution in [3.63, 3.8) is 0 Å². The van der Waals surface area contributed by atoms with Crippen LogP contribution in [0.5, 0.6) is 0 Å². The smallest absolute Gasteiger partial charge is 0.214 e. The Kier molecular flexibility index (Phi) is 5.61. The highest BCUT2D eigenvalue weighted by atomic mass is 32.2. The fourth-order valence-electron chi connectivity index (χ4n) is 2.16. The van der Waals surface area contributed by atoms with E-state index >= 15 is 0 Å². The van der Waals surface area contributed by atoms with Crippen molar-refractivity contribution in [1.82, 2.24) is 4.31 Å². The predicted octanol–water partition coefficient (Wildman–Crippen LogP) is 1.02. The van der Waals surface area contributed by atoms with E-state index in [4.69, 9.17) is 0 Å². The Morgan fingerprint density at radius 3 is 2.06 bits per heavy atom. The van der Waals surface area contributed by atoms with Crippen LogP contribution >= 0.6 is 0 Å². The van der Waals surface area contributed by atoms with Gasteiger partial charge in [0.15, 0.2) is 9.84 Å². The molecule has 0 unspecified atom stereocenters. The molecule has 0 saturated carbocycles. The van der Waals surface area contributed by atoms with E-state index in [1.165, 1.54) is 4.31 Å². The summed E-state index contributed by atoms with van der Waals surface area (Å²) >= 11 is 0. The summed E-state index contributed by atoms with van der Waals surface area (Å²) in [6.45, 7) is 4.28. The van der Waals surface area contributed by atoms with Crippen LogP contribution in [-0.4, -0.2) is 51.0 Å². The lowest BCUT2D eigenvalue weighted by Gasteiger charge is -2.30. The first-order valence-electron chi connectivity index (χ1n) is 6.53. The quantitative estimate of drug-likeness (QED) is 0.733. The molecule has 0 spiro atoms. The summed E-state index contributed by atoms with van der Waals surface area (Å²) in [5.74, 6) is 0.314. The van der Waals surface area contributed by atoms with Crippen molar-refractivity contribution < 1.29 is 16.8 Å². The Morgan fingerprint density at radius 2 is 1.61 bits per heavy atom. The maximum absolute atomic E-state index is 11.9. The van der Waals surface area contributed by atoms with Gasteiger partial charge < -0.3 is 0 Å². The van der Waals surface area contributed by atoms with E-state index in [-0.39, 0.29) is 16.8 Å². The monoisotopic (exact) mass is 297 g/mol. The summed E-state index contributed by atoms with van der Waals surface area (Å²) in [5, 5.41) is -0.361.